The van der Waals surface area contributed by atoms with Gasteiger partial charge in [0.25, 0.3) is 0 Å². The van der Waals surface area contributed by atoms with Crippen molar-refractivity contribution in [1.29, 1.82) is 0 Å². The van der Waals surface area contributed by atoms with Gasteiger partial charge in [-0.3, -0.25) is 9.59 Å². The molecule has 0 aromatic carbocycles. The summed E-state index contributed by atoms with van der Waals surface area (Å²) in [5.41, 5.74) is 0. The van der Waals surface area contributed by atoms with E-state index in [2.05, 4.69) is 135 Å². The second-order valence-electron chi connectivity index (χ2n) is 21.1. The molecule has 1 atom stereocenters. The molecular weight excluding hydrogens is 933 g/mol. The van der Waals surface area contributed by atoms with Crippen molar-refractivity contribution in [3.05, 3.63) is 122 Å². The van der Waals surface area contributed by atoms with Crippen LogP contribution >= 0.6 is 0 Å². The molecule has 1 unspecified atom stereocenters. The Morgan fingerprint density at radius 2 is 0.526 bits per heavy atom. The molecule has 0 saturated carbocycles. The molecule has 0 aliphatic rings. The van der Waals surface area contributed by atoms with Crippen LogP contribution in [-0.4, -0.2) is 36.4 Å². The first-order valence-corrected chi connectivity index (χ1v) is 32.1. The van der Waals surface area contributed by atoms with Gasteiger partial charge in [-0.2, -0.15) is 0 Å². The van der Waals surface area contributed by atoms with Gasteiger partial charge in [-0.05, 0) is 103 Å². The molecular formula is C71H120O5. The first-order chi connectivity index (χ1) is 37.6. The lowest BCUT2D eigenvalue weighted by molar-refractivity contribution is -0.161. The quantitative estimate of drug-likeness (QED) is 0.0373. The molecule has 76 heavy (non-hydrogen) atoms. The van der Waals surface area contributed by atoms with Crippen LogP contribution in [0.15, 0.2) is 122 Å². The Kier molecular flexibility index (Phi) is 62.4. The number of hydrogen-bond acceptors (Lipinski definition) is 5. The molecule has 0 aromatic rings. The van der Waals surface area contributed by atoms with Crippen LogP contribution in [0, 0.1) is 0 Å². The van der Waals surface area contributed by atoms with E-state index in [0.717, 1.165) is 103 Å². The smallest absolute Gasteiger partial charge is 0.306 e. The number of esters is 2. The topological polar surface area (TPSA) is 72.8 Å². The second-order valence-corrected chi connectivity index (χ2v) is 21.1. The first kappa shape index (κ1) is 72.3. The maximum Gasteiger partial charge on any atom is 0.306 e. The Morgan fingerprint density at radius 3 is 0.789 bits per heavy atom. The number of aliphatic hydroxyl groups excluding tert-OH is 1. The zero-order valence-corrected chi connectivity index (χ0v) is 49.7. The van der Waals surface area contributed by atoms with Crippen molar-refractivity contribution >= 4 is 11.9 Å². The Labute approximate surface area is 471 Å². The maximum absolute atomic E-state index is 12.4. The van der Waals surface area contributed by atoms with Crippen molar-refractivity contribution in [3.8, 4) is 0 Å². The van der Waals surface area contributed by atoms with Crippen LogP contribution in [0.25, 0.3) is 0 Å². The normalized spacial score (nSPS) is 13.0. The van der Waals surface area contributed by atoms with Crippen LogP contribution in [-0.2, 0) is 19.1 Å². The Morgan fingerprint density at radius 1 is 0.303 bits per heavy atom. The SMILES string of the molecule is CC/C=C\C/C=C\C/C=C\C/C=C\C/C=C\C/C=C\CCCCCCCCCCCCCCCCCCC(=O)OC(CO)COC(=O)CCCCCCCCCCCCCCCC/C=C\C/C=C\C/C=C\C/C=C\CC. The fourth-order valence-electron chi connectivity index (χ4n) is 9.02. The monoisotopic (exact) mass is 1050 g/mol. The average Bonchev–Trinajstić information content (AvgIpc) is 3.42. The number of ether oxygens (including phenoxy) is 2. The van der Waals surface area contributed by atoms with Crippen molar-refractivity contribution in [2.45, 2.75) is 302 Å². The third-order valence-corrected chi connectivity index (χ3v) is 13.8. The highest BCUT2D eigenvalue weighted by Crippen LogP contribution is 2.17. The van der Waals surface area contributed by atoms with Gasteiger partial charge in [0, 0.05) is 12.8 Å². The lowest BCUT2D eigenvalue weighted by Crippen LogP contribution is -2.28. The van der Waals surface area contributed by atoms with Gasteiger partial charge in [-0.25, -0.2) is 0 Å². The molecule has 5 heteroatoms. The summed E-state index contributed by atoms with van der Waals surface area (Å²) in [6, 6.07) is 0. The van der Waals surface area contributed by atoms with E-state index in [1.165, 1.54) is 167 Å². The summed E-state index contributed by atoms with van der Waals surface area (Å²) in [7, 11) is 0. The van der Waals surface area contributed by atoms with E-state index in [-0.39, 0.29) is 25.2 Å². The van der Waals surface area contributed by atoms with Crippen molar-refractivity contribution in [3.63, 3.8) is 0 Å². The predicted molar refractivity (Wildman–Crippen MR) is 334 cm³/mol. The maximum atomic E-state index is 12.4. The van der Waals surface area contributed by atoms with Crippen molar-refractivity contribution in [2.24, 2.45) is 0 Å². The molecule has 0 saturated heterocycles. The van der Waals surface area contributed by atoms with E-state index in [1.54, 1.807) is 0 Å². The third kappa shape index (κ3) is 62.8. The van der Waals surface area contributed by atoms with Crippen molar-refractivity contribution in [2.75, 3.05) is 13.2 Å². The number of rotatable bonds is 58. The van der Waals surface area contributed by atoms with E-state index in [9.17, 15) is 14.7 Å². The van der Waals surface area contributed by atoms with E-state index in [1.807, 2.05) is 0 Å². The number of carbonyl (C=O) groups is 2. The predicted octanol–water partition coefficient (Wildman–Crippen LogP) is 22.2. The van der Waals surface area contributed by atoms with Crippen molar-refractivity contribution in [1.82, 2.24) is 0 Å². The minimum atomic E-state index is -0.779. The summed E-state index contributed by atoms with van der Waals surface area (Å²) in [4.78, 5) is 24.6. The highest BCUT2D eigenvalue weighted by Gasteiger charge is 2.16. The van der Waals surface area contributed by atoms with Crippen LogP contribution in [0.4, 0.5) is 0 Å². The molecule has 0 aliphatic carbocycles. The standard InChI is InChI=1S/C71H120O5/c1-3-5-7-9-11-13-15-17-19-21-23-25-27-29-31-32-33-34-35-36-37-38-40-42-44-46-48-50-52-54-56-58-60-62-64-66-71(74)76-69(67-72)68-75-70(73)65-63-61-59-57-55-53-51-49-47-45-43-41-39-30-28-26-24-22-20-18-16-14-12-10-8-6-4-2/h5-8,11-14,17-20,23-26,29,31,33-34,69,72H,3-4,9-10,15-16,21-22,27-28,30,32,35-68H2,1-2H3/b7-5-,8-6-,13-11-,14-12-,19-17-,20-18-,25-23-,26-24-,31-29-,34-33-. The Bertz CT molecular complexity index is 1520. The van der Waals surface area contributed by atoms with E-state index >= 15 is 0 Å². The van der Waals surface area contributed by atoms with E-state index in [4.69, 9.17) is 9.47 Å². The lowest BCUT2D eigenvalue weighted by Gasteiger charge is -2.15. The fourth-order valence-corrected chi connectivity index (χ4v) is 9.02. The Balaban J connectivity index is 3.48. The van der Waals surface area contributed by atoms with Gasteiger partial charge in [0.15, 0.2) is 6.10 Å². The van der Waals surface area contributed by atoms with Crippen molar-refractivity contribution < 1.29 is 24.2 Å². The van der Waals surface area contributed by atoms with Gasteiger partial charge < -0.3 is 14.6 Å². The summed E-state index contributed by atoms with van der Waals surface area (Å²) in [6.45, 7) is 3.94. The third-order valence-electron chi connectivity index (χ3n) is 13.8. The molecule has 0 amide bonds. The number of unbranched alkanes of at least 4 members (excludes halogenated alkanes) is 30. The molecule has 0 fully saturated rings. The average molecular weight is 1050 g/mol. The van der Waals surface area contributed by atoms with Crippen LogP contribution < -0.4 is 0 Å². The highest BCUT2D eigenvalue weighted by molar-refractivity contribution is 5.70. The van der Waals surface area contributed by atoms with Crippen LogP contribution in [0.3, 0.4) is 0 Å². The summed E-state index contributed by atoms with van der Waals surface area (Å²) in [5, 5.41) is 9.69. The molecule has 0 bridgehead atoms. The molecule has 0 spiro atoms. The van der Waals surface area contributed by atoms with Gasteiger partial charge in [0.05, 0.1) is 6.61 Å². The van der Waals surface area contributed by atoms with Crippen LogP contribution in [0.1, 0.15) is 296 Å². The molecule has 0 aliphatic heterocycles. The molecule has 434 valence electrons. The number of aliphatic hydroxyl groups is 1. The lowest BCUT2D eigenvalue weighted by atomic mass is 10.0. The van der Waals surface area contributed by atoms with Gasteiger partial charge >= 0.3 is 11.9 Å². The zero-order chi connectivity index (χ0) is 54.8. The summed E-state index contributed by atoms with van der Waals surface area (Å²) >= 11 is 0. The van der Waals surface area contributed by atoms with Gasteiger partial charge in [-0.1, -0.05) is 302 Å². The molecule has 0 rings (SSSR count). The summed E-state index contributed by atoms with van der Waals surface area (Å²) in [5.74, 6) is -0.586. The van der Waals surface area contributed by atoms with Gasteiger partial charge in [-0.15, -0.1) is 0 Å². The molecule has 0 aromatic heterocycles. The first-order valence-electron chi connectivity index (χ1n) is 32.1. The van der Waals surface area contributed by atoms with Gasteiger partial charge in [0.1, 0.15) is 6.61 Å². The molecule has 0 heterocycles. The highest BCUT2D eigenvalue weighted by atomic mass is 16.6. The Hall–Kier alpha value is -3.70. The van der Waals surface area contributed by atoms with Gasteiger partial charge in [0.2, 0.25) is 0 Å². The minimum absolute atomic E-state index is 0.0689. The molecule has 1 N–H and O–H groups in total. The molecule has 0 radical (unpaired) electrons. The second kappa shape index (κ2) is 65.6. The zero-order valence-electron chi connectivity index (χ0n) is 49.7. The number of allylic oxidation sites excluding steroid dienone is 20. The largest absolute Gasteiger partial charge is 0.462 e. The van der Waals surface area contributed by atoms with E-state index < -0.39 is 6.10 Å². The minimum Gasteiger partial charge on any atom is -0.462 e. The number of carbonyl (C=O) groups excluding carboxylic acids is 2. The van der Waals surface area contributed by atoms with E-state index in [0.29, 0.717) is 12.8 Å². The number of hydrogen-bond donors (Lipinski definition) is 1. The fraction of sp³-hybridized carbons (Fsp3) is 0.690. The molecule has 5 nitrogen and oxygen atoms in total. The summed E-state index contributed by atoms with van der Waals surface area (Å²) in [6.07, 6.45) is 96.3. The van der Waals surface area contributed by atoms with Crippen LogP contribution in [0.2, 0.25) is 0 Å². The summed E-state index contributed by atoms with van der Waals surface area (Å²) < 4.78 is 10.7. The van der Waals surface area contributed by atoms with Crippen LogP contribution in [0.5, 0.6) is 0 Å².